The molecule has 0 aliphatic heterocycles. The van der Waals surface area contributed by atoms with Crippen LogP contribution in [0.1, 0.15) is 47.1 Å². The van der Waals surface area contributed by atoms with E-state index in [2.05, 4.69) is 67.7 Å². The molecule has 1 rings (SSSR count). The molecule has 1 aromatic rings. The monoisotopic (exact) mass is 452 g/mol. The highest BCUT2D eigenvalue weighted by Crippen LogP contribution is 2.45. The third-order valence-electron chi connectivity index (χ3n) is 6.22. The molecule has 0 heterocycles. The van der Waals surface area contributed by atoms with Gasteiger partial charge in [0.2, 0.25) is 0 Å². The SMILES string of the molecule is COc1cc(/C=C/C(=O)O[Si](C)(C)C(C)(C)C)cc(OC)c1O[Si](C)(C)C(C)(C)C. The van der Waals surface area contributed by atoms with Gasteiger partial charge in [0.1, 0.15) is 0 Å². The summed E-state index contributed by atoms with van der Waals surface area (Å²) in [6.07, 6.45) is 3.18. The van der Waals surface area contributed by atoms with Crippen LogP contribution < -0.4 is 13.9 Å². The molecule has 170 valence electrons. The maximum absolute atomic E-state index is 12.4. The van der Waals surface area contributed by atoms with Crippen molar-refractivity contribution >= 4 is 28.7 Å². The van der Waals surface area contributed by atoms with Gasteiger partial charge in [0.05, 0.1) is 14.2 Å². The van der Waals surface area contributed by atoms with Crippen molar-refractivity contribution in [1.82, 2.24) is 0 Å². The Bertz CT molecular complexity index is 759. The Kier molecular flexibility index (Phi) is 8.05. The summed E-state index contributed by atoms with van der Waals surface area (Å²) in [4.78, 5) is 12.4. The van der Waals surface area contributed by atoms with E-state index in [9.17, 15) is 4.79 Å². The minimum absolute atomic E-state index is 0.0360. The molecule has 30 heavy (non-hydrogen) atoms. The fourth-order valence-corrected chi connectivity index (χ4v) is 4.00. The van der Waals surface area contributed by atoms with Gasteiger partial charge in [-0.05, 0) is 60.0 Å². The van der Waals surface area contributed by atoms with Crippen LogP contribution in [0.4, 0.5) is 0 Å². The predicted molar refractivity (Wildman–Crippen MR) is 130 cm³/mol. The van der Waals surface area contributed by atoms with Crippen LogP contribution in [0.5, 0.6) is 17.2 Å². The summed E-state index contributed by atoms with van der Waals surface area (Å²) < 4.78 is 23.5. The first kappa shape index (κ1) is 26.3. The Morgan fingerprint density at radius 2 is 1.27 bits per heavy atom. The highest BCUT2D eigenvalue weighted by atomic mass is 28.4. The van der Waals surface area contributed by atoms with Crippen molar-refractivity contribution < 1.29 is 23.1 Å². The molecular weight excluding hydrogens is 412 g/mol. The number of carbonyl (C=O) groups is 1. The van der Waals surface area contributed by atoms with Crippen molar-refractivity contribution in [3.8, 4) is 17.2 Å². The van der Waals surface area contributed by atoms with Crippen LogP contribution in [0.3, 0.4) is 0 Å². The summed E-state index contributed by atoms with van der Waals surface area (Å²) in [6, 6.07) is 3.70. The molecule has 0 bridgehead atoms. The predicted octanol–water partition coefficient (Wildman–Crippen LogP) is 6.65. The molecule has 0 aromatic heterocycles. The molecule has 0 saturated heterocycles. The zero-order valence-corrected chi connectivity index (χ0v) is 22.9. The summed E-state index contributed by atoms with van der Waals surface area (Å²) >= 11 is 0. The van der Waals surface area contributed by atoms with Crippen LogP contribution in [0.25, 0.3) is 6.08 Å². The highest BCUT2D eigenvalue weighted by molar-refractivity contribution is 6.75. The molecule has 1 aromatic carbocycles. The van der Waals surface area contributed by atoms with Gasteiger partial charge < -0.3 is 18.3 Å². The van der Waals surface area contributed by atoms with Crippen molar-refractivity contribution in [3.05, 3.63) is 23.8 Å². The molecule has 0 N–H and O–H groups in total. The van der Waals surface area contributed by atoms with E-state index in [1.165, 1.54) is 6.08 Å². The van der Waals surface area contributed by atoms with E-state index < -0.39 is 16.6 Å². The van der Waals surface area contributed by atoms with Crippen molar-refractivity contribution in [2.45, 2.75) is 77.8 Å². The van der Waals surface area contributed by atoms with Crippen LogP contribution in [0.2, 0.25) is 36.3 Å². The van der Waals surface area contributed by atoms with E-state index in [1.807, 2.05) is 12.1 Å². The Morgan fingerprint density at radius 1 is 0.833 bits per heavy atom. The van der Waals surface area contributed by atoms with Crippen molar-refractivity contribution in [2.75, 3.05) is 14.2 Å². The number of hydrogen-bond acceptors (Lipinski definition) is 5. The van der Waals surface area contributed by atoms with Crippen LogP contribution >= 0.6 is 0 Å². The quantitative estimate of drug-likeness (QED) is 0.342. The molecule has 0 unspecified atom stereocenters. The van der Waals surface area contributed by atoms with Gasteiger partial charge in [0.25, 0.3) is 16.6 Å². The Morgan fingerprint density at radius 3 is 1.63 bits per heavy atom. The topological polar surface area (TPSA) is 54.0 Å². The van der Waals surface area contributed by atoms with Crippen molar-refractivity contribution in [1.29, 1.82) is 0 Å². The van der Waals surface area contributed by atoms with E-state index in [0.29, 0.717) is 17.2 Å². The lowest BCUT2D eigenvalue weighted by Gasteiger charge is -2.37. The summed E-state index contributed by atoms with van der Waals surface area (Å²) in [6.45, 7) is 21.3. The maximum Gasteiger partial charge on any atom is 0.317 e. The average Bonchev–Trinajstić information content (AvgIpc) is 2.57. The highest BCUT2D eigenvalue weighted by Gasteiger charge is 2.41. The van der Waals surface area contributed by atoms with Gasteiger partial charge in [0.15, 0.2) is 17.2 Å². The normalized spacial score (nSPS) is 13.3. The van der Waals surface area contributed by atoms with Gasteiger partial charge in [-0.3, -0.25) is 0 Å². The van der Waals surface area contributed by atoms with Gasteiger partial charge in [-0.25, -0.2) is 4.79 Å². The zero-order chi connectivity index (χ0) is 23.5. The number of rotatable bonds is 7. The Balaban J connectivity index is 3.21. The molecule has 0 fully saturated rings. The zero-order valence-electron chi connectivity index (χ0n) is 20.9. The number of benzene rings is 1. The van der Waals surface area contributed by atoms with Gasteiger partial charge in [-0.1, -0.05) is 41.5 Å². The second-order valence-corrected chi connectivity index (χ2v) is 20.1. The molecule has 0 amide bonds. The largest absolute Gasteiger partial charge is 0.539 e. The van der Waals surface area contributed by atoms with E-state index in [1.54, 1.807) is 20.3 Å². The summed E-state index contributed by atoms with van der Waals surface area (Å²) in [7, 11) is -1.04. The van der Waals surface area contributed by atoms with E-state index in [0.717, 1.165) is 5.56 Å². The third-order valence-corrected chi connectivity index (χ3v) is 14.9. The molecule has 0 atom stereocenters. The van der Waals surface area contributed by atoms with E-state index in [4.69, 9.17) is 18.3 Å². The smallest absolute Gasteiger partial charge is 0.317 e. The molecule has 0 radical (unpaired) electrons. The van der Waals surface area contributed by atoms with Gasteiger partial charge in [-0.15, -0.1) is 0 Å². The number of methoxy groups -OCH3 is 2. The lowest BCUT2D eigenvalue weighted by Crippen LogP contribution is -2.44. The van der Waals surface area contributed by atoms with Crippen LogP contribution in [0.15, 0.2) is 18.2 Å². The molecule has 0 spiro atoms. The minimum atomic E-state index is -2.16. The Labute approximate surface area is 185 Å². The molecule has 5 nitrogen and oxygen atoms in total. The average molecular weight is 453 g/mol. The fourth-order valence-electron chi connectivity index (χ4n) is 2.11. The molecule has 0 aliphatic carbocycles. The summed E-state index contributed by atoms with van der Waals surface area (Å²) in [5.41, 5.74) is 0.776. The molecule has 7 heteroatoms. The van der Waals surface area contributed by atoms with E-state index >= 15 is 0 Å². The first-order valence-corrected chi connectivity index (χ1v) is 16.1. The minimum Gasteiger partial charge on any atom is -0.539 e. The van der Waals surface area contributed by atoms with Crippen LogP contribution in [-0.4, -0.2) is 36.8 Å². The van der Waals surface area contributed by atoms with Gasteiger partial charge >= 0.3 is 5.97 Å². The molecule has 0 saturated carbocycles. The standard InChI is InChI=1S/C23H40O5Si2/c1-22(2,3)29(9,10)27-20(24)14-13-17-15-18(25-7)21(19(16-17)26-8)28-30(11,12)23(4,5)6/h13-16H,1-12H3/b14-13+. The van der Waals surface area contributed by atoms with Crippen molar-refractivity contribution in [3.63, 3.8) is 0 Å². The first-order chi connectivity index (χ1) is 13.4. The Hall–Kier alpha value is -1.74. The number of hydrogen-bond donors (Lipinski definition) is 0. The second-order valence-electron chi connectivity index (χ2n) is 10.6. The first-order valence-electron chi connectivity index (χ1n) is 10.3. The lowest BCUT2D eigenvalue weighted by molar-refractivity contribution is -0.129. The lowest BCUT2D eigenvalue weighted by atomic mass is 10.1. The molecule has 0 aliphatic rings. The van der Waals surface area contributed by atoms with Crippen LogP contribution in [0, 0.1) is 0 Å². The van der Waals surface area contributed by atoms with Gasteiger partial charge in [-0.2, -0.15) is 0 Å². The number of carbonyl (C=O) groups excluding carboxylic acids is 1. The molecular formula is C23H40O5Si2. The van der Waals surface area contributed by atoms with Crippen molar-refractivity contribution in [2.24, 2.45) is 0 Å². The van der Waals surface area contributed by atoms with Crippen LogP contribution in [-0.2, 0) is 9.22 Å². The summed E-state index contributed by atoms with van der Waals surface area (Å²) in [5, 5.41) is 0.000770. The van der Waals surface area contributed by atoms with E-state index in [-0.39, 0.29) is 16.0 Å². The second kappa shape index (κ2) is 9.18. The maximum atomic E-state index is 12.4. The number of ether oxygens (including phenoxy) is 2. The van der Waals surface area contributed by atoms with Gasteiger partial charge in [0, 0.05) is 6.08 Å². The third kappa shape index (κ3) is 6.38. The summed E-state index contributed by atoms with van der Waals surface area (Å²) in [5.74, 6) is 1.43. The fraction of sp³-hybridized carbons (Fsp3) is 0.609.